The maximum atomic E-state index is 11.4. The third kappa shape index (κ3) is 3.21. The SMILES string of the molecule is CCOC(=O)c1cc(NS(=O)O)ccc1O. The number of phenols is 1. The van der Waals surface area contributed by atoms with Crippen LogP contribution in [0.5, 0.6) is 5.75 Å². The van der Waals surface area contributed by atoms with E-state index in [9.17, 15) is 14.1 Å². The van der Waals surface area contributed by atoms with E-state index in [1.807, 2.05) is 0 Å². The summed E-state index contributed by atoms with van der Waals surface area (Å²) >= 11 is -2.23. The maximum absolute atomic E-state index is 11.4. The van der Waals surface area contributed by atoms with Crippen LogP contribution in [0, 0.1) is 0 Å². The lowest BCUT2D eigenvalue weighted by molar-refractivity contribution is 0.0523. The zero-order valence-corrected chi connectivity index (χ0v) is 9.28. The fraction of sp³-hybridized carbons (Fsp3) is 0.222. The van der Waals surface area contributed by atoms with Crippen LogP contribution in [0.25, 0.3) is 0 Å². The summed E-state index contributed by atoms with van der Waals surface area (Å²) < 4.78 is 26.0. The van der Waals surface area contributed by atoms with Gasteiger partial charge in [0.2, 0.25) is 0 Å². The molecule has 1 rings (SSSR count). The maximum Gasteiger partial charge on any atom is 0.341 e. The quantitative estimate of drug-likeness (QED) is 0.419. The van der Waals surface area contributed by atoms with Crippen molar-refractivity contribution in [1.82, 2.24) is 0 Å². The van der Waals surface area contributed by atoms with Crippen LogP contribution in [0.1, 0.15) is 17.3 Å². The molecule has 0 aliphatic rings. The van der Waals surface area contributed by atoms with E-state index in [0.717, 1.165) is 0 Å². The molecule has 0 aliphatic carbocycles. The Morgan fingerprint density at radius 1 is 1.56 bits per heavy atom. The first-order valence-corrected chi connectivity index (χ1v) is 5.53. The number of anilines is 1. The van der Waals surface area contributed by atoms with Gasteiger partial charge in [0.1, 0.15) is 11.3 Å². The molecule has 0 spiro atoms. The lowest BCUT2D eigenvalue weighted by atomic mass is 10.2. The molecule has 1 aromatic carbocycles. The van der Waals surface area contributed by atoms with Crippen LogP contribution in [0.4, 0.5) is 5.69 Å². The van der Waals surface area contributed by atoms with Crippen LogP contribution < -0.4 is 4.72 Å². The zero-order chi connectivity index (χ0) is 12.1. The molecule has 88 valence electrons. The molecule has 0 bridgehead atoms. The Balaban J connectivity index is 2.98. The van der Waals surface area contributed by atoms with E-state index >= 15 is 0 Å². The number of ether oxygens (including phenoxy) is 1. The van der Waals surface area contributed by atoms with E-state index in [1.165, 1.54) is 18.2 Å². The van der Waals surface area contributed by atoms with Crippen molar-refractivity contribution in [1.29, 1.82) is 0 Å². The highest BCUT2D eigenvalue weighted by atomic mass is 32.2. The first-order valence-electron chi connectivity index (χ1n) is 4.42. The van der Waals surface area contributed by atoms with Crippen LogP contribution in [0.2, 0.25) is 0 Å². The highest BCUT2D eigenvalue weighted by Gasteiger charge is 2.13. The first-order chi connectivity index (χ1) is 7.54. The monoisotopic (exact) mass is 245 g/mol. The molecular formula is C9H11NO5S. The van der Waals surface area contributed by atoms with Crippen molar-refractivity contribution in [2.45, 2.75) is 6.92 Å². The normalized spacial score (nSPS) is 11.9. The van der Waals surface area contributed by atoms with Gasteiger partial charge in [0.15, 0.2) is 0 Å². The van der Waals surface area contributed by atoms with Crippen molar-refractivity contribution < 1.29 is 23.4 Å². The van der Waals surface area contributed by atoms with Gasteiger partial charge in [0, 0.05) is 5.69 Å². The minimum atomic E-state index is -2.23. The number of carbonyl (C=O) groups excluding carboxylic acids is 1. The van der Waals surface area contributed by atoms with Crippen molar-refractivity contribution in [3.8, 4) is 5.75 Å². The molecule has 1 atom stereocenters. The average molecular weight is 245 g/mol. The van der Waals surface area contributed by atoms with Gasteiger partial charge in [-0.25, -0.2) is 9.00 Å². The largest absolute Gasteiger partial charge is 0.507 e. The number of benzene rings is 1. The number of hydrogen-bond donors (Lipinski definition) is 3. The third-order valence-electron chi connectivity index (χ3n) is 1.70. The molecule has 0 heterocycles. The number of carbonyl (C=O) groups is 1. The minimum Gasteiger partial charge on any atom is -0.507 e. The lowest BCUT2D eigenvalue weighted by Gasteiger charge is -2.06. The molecule has 0 aliphatic heterocycles. The van der Waals surface area contributed by atoms with E-state index in [1.54, 1.807) is 6.92 Å². The molecule has 0 saturated carbocycles. The number of hydrogen-bond acceptors (Lipinski definition) is 4. The second-order valence-electron chi connectivity index (χ2n) is 2.80. The average Bonchev–Trinajstić information content (AvgIpc) is 2.20. The highest BCUT2D eigenvalue weighted by Crippen LogP contribution is 2.22. The Morgan fingerprint density at radius 3 is 2.81 bits per heavy atom. The van der Waals surface area contributed by atoms with Crippen LogP contribution in [0.15, 0.2) is 18.2 Å². The van der Waals surface area contributed by atoms with Gasteiger partial charge < -0.3 is 9.84 Å². The number of esters is 1. The van der Waals surface area contributed by atoms with Crippen molar-refractivity contribution in [3.63, 3.8) is 0 Å². The van der Waals surface area contributed by atoms with Crippen LogP contribution in [-0.2, 0) is 16.0 Å². The highest BCUT2D eigenvalue weighted by molar-refractivity contribution is 7.80. The topological polar surface area (TPSA) is 95.9 Å². The fourth-order valence-corrected chi connectivity index (χ4v) is 1.40. The molecular weight excluding hydrogens is 234 g/mol. The van der Waals surface area contributed by atoms with Gasteiger partial charge in [-0.3, -0.25) is 9.27 Å². The van der Waals surface area contributed by atoms with Gasteiger partial charge in [-0.15, -0.1) is 0 Å². The second-order valence-corrected chi connectivity index (χ2v) is 3.51. The van der Waals surface area contributed by atoms with E-state index in [4.69, 9.17) is 9.29 Å². The Labute approximate surface area is 94.7 Å². The van der Waals surface area contributed by atoms with E-state index in [2.05, 4.69) is 4.72 Å². The summed E-state index contributed by atoms with van der Waals surface area (Å²) in [4.78, 5) is 11.4. The molecule has 0 radical (unpaired) electrons. The molecule has 1 aromatic rings. The molecule has 16 heavy (non-hydrogen) atoms. The number of nitrogens with one attached hydrogen (secondary N) is 1. The van der Waals surface area contributed by atoms with E-state index in [0.29, 0.717) is 0 Å². The molecule has 6 nitrogen and oxygen atoms in total. The van der Waals surface area contributed by atoms with Gasteiger partial charge in [0.25, 0.3) is 11.3 Å². The third-order valence-corrected chi connectivity index (χ3v) is 2.11. The molecule has 0 aromatic heterocycles. The summed E-state index contributed by atoms with van der Waals surface area (Å²) in [5, 5.41) is 9.40. The Kier molecular flexibility index (Phi) is 4.27. The van der Waals surface area contributed by atoms with Crippen LogP contribution >= 0.6 is 0 Å². The Morgan fingerprint density at radius 2 is 2.25 bits per heavy atom. The summed E-state index contributed by atoms with van der Waals surface area (Å²) in [6.45, 7) is 1.82. The molecule has 1 unspecified atom stereocenters. The lowest BCUT2D eigenvalue weighted by Crippen LogP contribution is -2.07. The zero-order valence-electron chi connectivity index (χ0n) is 8.47. The first kappa shape index (κ1) is 12.5. The number of rotatable bonds is 4. The number of aromatic hydroxyl groups is 1. The van der Waals surface area contributed by atoms with Gasteiger partial charge >= 0.3 is 5.97 Å². The van der Waals surface area contributed by atoms with Crippen molar-refractivity contribution in [3.05, 3.63) is 23.8 Å². The van der Waals surface area contributed by atoms with Gasteiger partial charge in [0.05, 0.1) is 6.61 Å². The number of phenolic OH excluding ortho intramolecular Hbond substituents is 1. The van der Waals surface area contributed by atoms with Gasteiger partial charge in [-0.05, 0) is 25.1 Å². The second kappa shape index (κ2) is 5.47. The Hall–Kier alpha value is -1.60. The van der Waals surface area contributed by atoms with Crippen molar-refractivity contribution in [2.24, 2.45) is 0 Å². The smallest absolute Gasteiger partial charge is 0.341 e. The Bertz CT molecular complexity index is 420. The summed E-state index contributed by atoms with van der Waals surface area (Å²) in [6.07, 6.45) is 0. The summed E-state index contributed by atoms with van der Waals surface area (Å²) in [5.74, 6) is -0.930. The molecule has 3 N–H and O–H groups in total. The van der Waals surface area contributed by atoms with E-state index in [-0.39, 0.29) is 23.6 Å². The summed E-state index contributed by atoms with van der Waals surface area (Å²) in [5.41, 5.74) is 0.180. The standard InChI is InChI=1S/C9H11NO5S/c1-2-15-9(12)7-5-6(10-16(13)14)3-4-8(7)11/h3-5,10-11H,2H2,1H3,(H,13,14). The van der Waals surface area contributed by atoms with Crippen LogP contribution in [0.3, 0.4) is 0 Å². The minimum absolute atomic E-state index is 0.0581. The predicted octanol–water partition coefficient (Wildman–Crippen LogP) is 1.12. The molecule has 0 amide bonds. The van der Waals surface area contributed by atoms with Crippen molar-refractivity contribution in [2.75, 3.05) is 11.3 Å². The van der Waals surface area contributed by atoms with E-state index < -0.39 is 17.2 Å². The van der Waals surface area contributed by atoms with Crippen LogP contribution in [-0.4, -0.2) is 26.4 Å². The van der Waals surface area contributed by atoms with Gasteiger partial charge in [-0.2, -0.15) is 0 Å². The molecule has 0 saturated heterocycles. The summed E-state index contributed by atoms with van der Waals surface area (Å²) in [6, 6.07) is 3.84. The van der Waals surface area contributed by atoms with Crippen molar-refractivity contribution >= 4 is 22.9 Å². The van der Waals surface area contributed by atoms with Gasteiger partial charge in [-0.1, -0.05) is 0 Å². The molecule has 7 heteroatoms. The predicted molar refractivity (Wildman–Crippen MR) is 58.5 cm³/mol. The fourth-order valence-electron chi connectivity index (χ4n) is 1.07. The summed E-state index contributed by atoms with van der Waals surface area (Å²) in [7, 11) is 0. The molecule has 0 fully saturated rings.